The fourth-order valence-corrected chi connectivity index (χ4v) is 2.77. The van der Waals surface area contributed by atoms with Crippen LogP contribution in [0.3, 0.4) is 0 Å². The van der Waals surface area contributed by atoms with Crippen molar-refractivity contribution in [3.63, 3.8) is 0 Å². The molecule has 7 heteroatoms. The number of carbonyl (C=O) groups is 2. The Morgan fingerprint density at radius 1 is 1.13 bits per heavy atom. The van der Waals surface area contributed by atoms with E-state index in [4.69, 9.17) is 9.47 Å². The SMILES string of the molecule is COc1cccc(/C=N\NC(=O)[C@@H](CC(C)C)NC(=O)COc2ccccc2C)c1. The van der Waals surface area contributed by atoms with Crippen LogP contribution in [0.25, 0.3) is 0 Å². The minimum absolute atomic E-state index is 0.167. The second-order valence-corrected chi connectivity index (χ2v) is 7.31. The standard InChI is InChI=1S/C23H29N3O4/c1-16(2)12-20(25-22(27)15-30-21-11-6-5-8-17(21)3)23(28)26-24-14-18-9-7-10-19(13-18)29-4/h5-11,13-14,16,20H,12,15H2,1-4H3,(H,25,27)(H,26,28)/b24-14-/t20-/m1/s1. The zero-order valence-electron chi connectivity index (χ0n) is 17.8. The van der Waals surface area contributed by atoms with Gasteiger partial charge in [0, 0.05) is 0 Å². The summed E-state index contributed by atoms with van der Waals surface area (Å²) >= 11 is 0. The number of rotatable bonds is 10. The fraction of sp³-hybridized carbons (Fsp3) is 0.348. The third-order valence-electron chi connectivity index (χ3n) is 4.29. The maximum atomic E-state index is 12.6. The Labute approximate surface area is 177 Å². The summed E-state index contributed by atoms with van der Waals surface area (Å²) in [4.78, 5) is 24.9. The molecule has 0 aromatic heterocycles. The first-order valence-corrected chi connectivity index (χ1v) is 9.83. The topological polar surface area (TPSA) is 89.0 Å². The zero-order chi connectivity index (χ0) is 21.9. The van der Waals surface area contributed by atoms with E-state index in [1.807, 2.05) is 57.2 Å². The Hall–Kier alpha value is -3.35. The van der Waals surface area contributed by atoms with E-state index in [0.717, 1.165) is 11.1 Å². The van der Waals surface area contributed by atoms with Crippen LogP contribution in [0.1, 0.15) is 31.4 Å². The van der Waals surface area contributed by atoms with Gasteiger partial charge in [-0.1, -0.05) is 44.2 Å². The molecule has 0 aliphatic heterocycles. The summed E-state index contributed by atoms with van der Waals surface area (Å²) in [6, 6.07) is 14.0. The van der Waals surface area contributed by atoms with Crippen LogP contribution in [0.2, 0.25) is 0 Å². The van der Waals surface area contributed by atoms with Gasteiger partial charge in [0.1, 0.15) is 17.5 Å². The van der Waals surface area contributed by atoms with E-state index in [0.29, 0.717) is 17.9 Å². The lowest BCUT2D eigenvalue weighted by Gasteiger charge is -2.19. The number of ether oxygens (including phenoxy) is 2. The van der Waals surface area contributed by atoms with Gasteiger partial charge in [0.2, 0.25) is 0 Å². The van der Waals surface area contributed by atoms with Crippen molar-refractivity contribution in [1.29, 1.82) is 0 Å². The van der Waals surface area contributed by atoms with Crippen LogP contribution >= 0.6 is 0 Å². The van der Waals surface area contributed by atoms with Gasteiger partial charge in [-0.05, 0) is 48.6 Å². The Kier molecular flexibility index (Phi) is 8.87. The zero-order valence-corrected chi connectivity index (χ0v) is 17.8. The maximum Gasteiger partial charge on any atom is 0.262 e. The van der Waals surface area contributed by atoms with Crippen molar-refractivity contribution in [3.8, 4) is 11.5 Å². The minimum atomic E-state index is -0.708. The quantitative estimate of drug-likeness (QED) is 0.465. The van der Waals surface area contributed by atoms with Crippen molar-refractivity contribution in [1.82, 2.24) is 10.7 Å². The van der Waals surface area contributed by atoms with Crippen molar-refractivity contribution < 1.29 is 19.1 Å². The number of hydrogen-bond acceptors (Lipinski definition) is 5. The van der Waals surface area contributed by atoms with E-state index in [1.54, 1.807) is 19.2 Å². The fourth-order valence-electron chi connectivity index (χ4n) is 2.77. The third kappa shape index (κ3) is 7.58. The third-order valence-corrected chi connectivity index (χ3v) is 4.29. The molecule has 0 unspecified atom stereocenters. The first-order valence-electron chi connectivity index (χ1n) is 9.83. The number of para-hydroxylation sites is 1. The van der Waals surface area contributed by atoms with Gasteiger partial charge in [0.05, 0.1) is 13.3 Å². The molecule has 0 radical (unpaired) electrons. The molecule has 2 aromatic carbocycles. The van der Waals surface area contributed by atoms with Crippen molar-refractivity contribution in [2.24, 2.45) is 11.0 Å². The summed E-state index contributed by atoms with van der Waals surface area (Å²) < 4.78 is 10.7. The number of methoxy groups -OCH3 is 1. The molecule has 2 rings (SSSR count). The maximum absolute atomic E-state index is 12.6. The highest BCUT2D eigenvalue weighted by Gasteiger charge is 2.22. The number of carbonyl (C=O) groups excluding carboxylic acids is 2. The van der Waals surface area contributed by atoms with E-state index in [2.05, 4.69) is 15.8 Å². The van der Waals surface area contributed by atoms with E-state index >= 15 is 0 Å². The largest absolute Gasteiger partial charge is 0.497 e. The van der Waals surface area contributed by atoms with Gasteiger partial charge in [-0.2, -0.15) is 5.10 Å². The average molecular weight is 412 g/mol. The van der Waals surface area contributed by atoms with Gasteiger partial charge in [0.15, 0.2) is 6.61 Å². The van der Waals surface area contributed by atoms with Crippen LogP contribution in [0.4, 0.5) is 0 Å². The smallest absolute Gasteiger partial charge is 0.262 e. The van der Waals surface area contributed by atoms with Crippen molar-refractivity contribution in [3.05, 3.63) is 59.7 Å². The lowest BCUT2D eigenvalue weighted by Crippen LogP contribution is -2.47. The number of hydrogen-bond donors (Lipinski definition) is 2. The molecule has 0 saturated carbocycles. The highest BCUT2D eigenvalue weighted by molar-refractivity contribution is 5.89. The van der Waals surface area contributed by atoms with Gasteiger partial charge in [-0.15, -0.1) is 0 Å². The molecule has 0 heterocycles. The molecule has 30 heavy (non-hydrogen) atoms. The predicted octanol–water partition coefficient (Wildman–Crippen LogP) is 3.06. The Morgan fingerprint density at radius 3 is 2.60 bits per heavy atom. The van der Waals surface area contributed by atoms with E-state index in [-0.39, 0.29) is 24.3 Å². The van der Waals surface area contributed by atoms with Crippen molar-refractivity contribution >= 4 is 18.0 Å². The number of nitrogens with zero attached hydrogens (tertiary/aromatic N) is 1. The van der Waals surface area contributed by atoms with Crippen LogP contribution in [-0.2, 0) is 9.59 Å². The molecule has 2 amide bonds. The van der Waals surface area contributed by atoms with E-state index in [1.165, 1.54) is 6.21 Å². The minimum Gasteiger partial charge on any atom is -0.497 e. The lowest BCUT2D eigenvalue weighted by molar-refractivity contribution is -0.130. The Morgan fingerprint density at radius 2 is 1.90 bits per heavy atom. The van der Waals surface area contributed by atoms with E-state index < -0.39 is 6.04 Å². The number of hydrazone groups is 1. The van der Waals surface area contributed by atoms with Crippen molar-refractivity contribution in [2.75, 3.05) is 13.7 Å². The Bertz CT molecular complexity index is 880. The molecule has 0 spiro atoms. The van der Waals surface area contributed by atoms with Crippen LogP contribution in [0.15, 0.2) is 53.6 Å². The monoisotopic (exact) mass is 411 g/mol. The van der Waals surface area contributed by atoms with Gasteiger partial charge < -0.3 is 14.8 Å². The molecule has 7 nitrogen and oxygen atoms in total. The lowest BCUT2D eigenvalue weighted by atomic mass is 10.0. The van der Waals surface area contributed by atoms with Crippen LogP contribution in [0.5, 0.6) is 11.5 Å². The van der Waals surface area contributed by atoms with Crippen LogP contribution in [-0.4, -0.2) is 37.8 Å². The first kappa shape index (κ1) is 22.9. The summed E-state index contributed by atoms with van der Waals surface area (Å²) in [5.74, 6) is 0.799. The second kappa shape index (κ2) is 11.6. The van der Waals surface area contributed by atoms with Crippen LogP contribution in [0, 0.1) is 12.8 Å². The molecule has 0 fully saturated rings. The van der Waals surface area contributed by atoms with Crippen molar-refractivity contribution in [2.45, 2.75) is 33.2 Å². The van der Waals surface area contributed by atoms with Gasteiger partial charge in [-0.25, -0.2) is 5.43 Å². The molecule has 0 saturated heterocycles. The molecule has 0 aliphatic rings. The number of nitrogens with one attached hydrogen (secondary N) is 2. The molecular formula is C23H29N3O4. The molecule has 2 aromatic rings. The summed E-state index contributed by atoms with van der Waals surface area (Å²) in [6.45, 7) is 5.70. The van der Waals surface area contributed by atoms with Crippen LogP contribution < -0.4 is 20.2 Å². The highest BCUT2D eigenvalue weighted by atomic mass is 16.5. The first-order chi connectivity index (χ1) is 14.4. The predicted molar refractivity (Wildman–Crippen MR) is 117 cm³/mol. The summed E-state index contributed by atoms with van der Waals surface area (Å²) in [5.41, 5.74) is 4.22. The number of amides is 2. The van der Waals surface area contributed by atoms with Gasteiger partial charge in [0.25, 0.3) is 11.8 Å². The van der Waals surface area contributed by atoms with E-state index in [9.17, 15) is 9.59 Å². The number of aryl methyl sites for hydroxylation is 1. The summed E-state index contributed by atoms with van der Waals surface area (Å²) in [5, 5.41) is 6.73. The molecular weight excluding hydrogens is 382 g/mol. The molecule has 2 N–H and O–H groups in total. The number of benzene rings is 2. The normalized spacial score (nSPS) is 11.9. The molecule has 0 bridgehead atoms. The van der Waals surface area contributed by atoms with Gasteiger partial charge in [-0.3, -0.25) is 9.59 Å². The molecule has 1 atom stereocenters. The second-order valence-electron chi connectivity index (χ2n) is 7.31. The Balaban J connectivity index is 1.92. The van der Waals surface area contributed by atoms with Gasteiger partial charge >= 0.3 is 0 Å². The summed E-state index contributed by atoms with van der Waals surface area (Å²) in [7, 11) is 1.58. The highest BCUT2D eigenvalue weighted by Crippen LogP contribution is 2.16. The molecule has 160 valence electrons. The molecule has 0 aliphatic carbocycles. The summed E-state index contributed by atoms with van der Waals surface area (Å²) in [6.07, 6.45) is 2.01. The average Bonchev–Trinajstić information content (AvgIpc) is 2.72.